The Labute approximate surface area is 171 Å². The third kappa shape index (κ3) is 4.28. The molecule has 2 aliphatic rings. The summed E-state index contributed by atoms with van der Waals surface area (Å²) in [6, 6.07) is 1.44. The Morgan fingerprint density at radius 3 is 2.39 bits per heavy atom. The number of imide groups is 1. The maximum atomic E-state index is 12.3. The highest BCUT2D eigenvalue weighted by Crippen LogP contribution is 2.37. The first-order valence-electron chi connectivity index (χ1n) is 8.91. The van der Waals surface area contributed by atoms with Crippen LogP contribution in [-0.2, 0) is 23.9 Å². The summed E-state index contributed by atoms with van der Waals surface area (Å²) in [5.41, 5.74) is 0.478. The van der Waals surface area contributed by atoms with E-state index >= 15 is 0 Å². The predicted molar refractivity (Wildman–Crippen MR) is 101 cm³/mol. The highest BCUT2D eigenvalue weighted by molar-refractivity contribution is 6.36. The Balaban J connectivity index is 1.52. The number of fused-ring (bicyclic) bond motifs is 1. The van der Waals surface area contributed by atoms with Gasteiger partial charge in [-0.2, -0.15) is 0 Å². The van der Waals surface area contributed by atoms with Crippen molar-refractivity contribution in [2.24, 2.45) is 11.8 Å². The molecule has 1 aromatic rings. The maximum absolute atomic E-state index is 12.3. The van der Waals surface area contributed by atoms with Gasteiger partial charge in [0, 0.05) is 0 Å². The zero-order chi connectivity index (χ0) is 20.4. The zero-order valence-electron chi connectivity index (χ0n) is 15.2. The number of esters is 1. The second-order valence-electron chi connectivity index (χ2n) is 6.85. The standard InChI is InChI=1S/C18H19Cl2N3O5/c1-9-12(19)6-13(20)16(21-9)22-14(24)8-28-15(25)7-23-17(26)10-4-2-3-5-11(10)18(23)27/h6,10-11H,2-5,7-8H2,1H3,(H,21,22,24). The van der Waals surface area contributed by atoms with Crippen LogP contribution in [0.1, 0.15) is 31.4 Å². The summed E-state index contributed by atoms with van der Waals surface area (Å²) in [5, 5.41) is 2.92. The lowest BCUT2D eigenvalue weighted by Crippen LogP contribution is -2.37. The molecule has 0 aromatic carbocycles. The number of likely N-dealkylation sites (tertiary alicyclic amines) is 1. The number of pyridine rings is 1. The molecule has 0 bridgehead atoms. The van der Waals surface area contributed by atoms with Crippen molar-refractivity contribution in [1.29, 1.82) is 0 Å². The summed E-state index contributed by atoms with van der Waals surface area (Å²) in [7, 11) is 0. The first-order valence-corrected chi connectivity index (χ1v) is 9.67. The number of aromatic nitrogens is 1. The molecule has 150 valence electrons. The Bertz CT molecular complexity index is 821. The fourth-order valence-electron chi connectivity index (χ4n) is 3.52. The van der Waals surface area contributed by atoms with Crippen molar-refractivity contribution in [3.63, 3.8) is 0 Å². The molecule has 1 aromatic heterocycles. The van der Waals surface area contributed by atoms with Gasteiger partial charge in [-0.15, -0.1) is 0 Å². The van der Waals surface area contributed by atoms with E-state index < -0.39 is 25.0 Å². The number of halogens is 2. The normalized spacial score (nSPS) is 21.5. The van der Waals surface area contributed by atoms with Crippen LogP contribution in [0.4, 0.5) is 5.82 Å². The average molecular weight is 428 g/mol. The van der Waals surface area contributed by atoms with Crippen molar-refractivity contribution in [2.45, 2.75) is 32.6 Å². The van der Waals surface area contributed by atoms with E-state index in [0.29, 0.717) is 23.6 Å². The van der Waals surface area contributed by atoms with Crippen molar-refractivity contribution in [3.05, 3.63) is 21.8 Å². The lowest BCUT2D eigenvalue weighted by Gasteiger charge is -2.19. The van der Waals surface area contributed by atoms with Gasteiger partial charge >= 0.3 is 5.97 Å². The van der Waals surface area contributed by atoms with Crippen molar-refractivity contribution in [3.8, 4) is 0 Å². The predicted octanol–water partition coefficient (Wildman–Crippen LogP) is 2.35. The lowest BCUT2D eigenvalue weighted by molar-refractivity contribution is -0.154. The Hall–Kier alpha value is -2.19. The molecule has 3 amide bonds. The fraction of sp³-hybridized carbons (Fsp3) is 0.500. The van der Waals surface area contributed by atoms with Crippen LogP contribution < -0.4 is 5.32 Å². The maximum Gasteiger partial charge on any atom is 0.326 e. The first kappa shape index (κ1) is 20.5. The Morgan fingerprint density at radius 2 is 1.79 bits per heavy atom. The van der Waals surface area contributed by atoms with Crippen molar-refractivity contribution < 1.29 is 23.9 Å². The molecule has 1 saturated heterocycles. The topological polar surface area (TPSA) is 106 Å². The molecule has 0 radical (unpaired) electrons. The summed E-state index contributed by atoms with van der Waals surface area (Å²) in [4.78, 5) is 53.7. The molecule has 2 atom stereocenters. The fourth-order valence-corrected chi connectivity index (χ4v) is 3.93. The van der Waals surface area contributed by atoms with Gasteiger partial charge in [-0.1, -0.05) is 36.0 Å². The molecule has 28 heavy (non-hydrogen) atoms. The van der Waals surface area contributed by atoms with Crippen LogP contribution in [0.5, 0.6) is 0 Å². The molecular weight excluding hydrogens is 409 g/mol. The van der Waals surface area contributed by atoms with Crippen LogP contribution in [-0.4, -0.2) is 46.7 Å². The van der Waals surface area contributed by atoms with E-state index in [0.717, 1.165) is 17.7 Å². The number of nitrogens with zero attached hydrogens (tertiary/aromatic N) is 2. The minimum atomic E-state index is -0.832. The van der Waals surface area contributed by atoms with Crippen LogP contribution in [0.15, 0.2) is 6.07 Å². The molecule has 1 N–H and O–H groups in total. The Kier molecular flexibility index (Phi) is 6.20. The average Bonchev–Trinajstić information content (AvgIpc) is 2.90. The van der Waals surface area contributed by atoms with Crippen LogP contribution >= 0.6 is 23.2 Å². The van der Waals surface area contributed by atoms with Crippen LogP contribution in [0.25, 0.3) is 0 Å². The molecular formula is C18H19Cl2N3O5. The number of aryl methyl sites for hydroxylation is 1. The second kappa shape index (κ2) is 8.45. The van der Waals surface area contributed by atoms with E-state index in [9.17, 15) is 19.2 Å². The van der Waals surface area contributed by atoms with Crippen molar-refractivity contribution >= 4 is 52.7 Å². The van der Waals surface area contributed by atoms with Gasteiger partial charge in [0.05, 0.1) is 27.6 Å². The molecule has 2 fully saturated rings. The molecule has 10 heteroatoms. The van der Waals surface area contributed by atoms with E-state index in [1.165, 1.54) is 6.07 Å². The molecule has 2 heterocycles. The van der Waals surface area contributed by atoms with Crippen molar-refractivity contribution in [1.82, 2.24) is 9.88 Å². The Morgan fingerprint density at radius 1 is 1.18 bits per heavy atom. The van der Waals surface area contributed by atoms with E-state index in [4.69, 9.17) is 27.9 Å². The van der Waals surface area contributed by atoms with E-state index in [1.807, 2.05) is 0 Å². The number of amides is 3. The van der Waals surface area contributed by atoms with Gasteiger partial charge in [-0.05, 0) is 25.8 Å². The number of carbonyl (C=O) groups excluding carboxylic acids is 4. The van der Waals surface area contributed by atoms with Gasteiger partial charge < -0.3 is 10.1 Å². The monoisotopic (exact) mass is 427 g/mol. The number of carbonyl (C=O) groups is 4. The smallest absolute Gasteiger partial charge is 0.326 e. The molecule has 0 spiro atoms. The molecule has 2 unspecified atom stereocenters. The van der Waals surface area contributed by atoms with E-state index in [1.54, 1.807) is 6.92 Å². The van der Waals surface area contributed by atoms with Gasteiger partial charge in [0.25, 0.3) is 5.91 Å². The number of nitrogens with one attached hydrogen (secondary N) is 1. The van der Waals surface area contributed by atoms with Gasteiger partial charge in [0.15, 0.2) is 12.4 Å². The van der Waals surface area contributed by atoms with Crippen LogP contribution in [0, 0.1) is 18.8 Å². The highest BCUT2D eigenvalue weighted by Gasteiger charge is 2.48. The van der Waals surface area contributed by atoms with E-state index in [-0.39, 0.29) is 34.5 Å². The molecule has 1 aliphatic heterocycles. The molecule has 1 aliphatic carbocycles. The third-order valence-electron chi connectivity index (χ3n) is 4.95. The SMILES string of the molecule is Cc1nc(NC(=O)COC(=O)CN2C(=O)C3CCCCC3C2=O)c(Cl)cc1Cl. The van der Waals surface area contributed by atoms with E-state index in [2.05, 4.69) is 10.3 Å². The highest BCUT2D eigenvalue weighted by atomic mass is 35.5. The minimum absolute atomic E-state index is 0.0959. The van der Waals surface area contributed by atoms with Gasteiger partial charge in [0.1, 0.15) is 6.54 Å². The summed E-state index contributed by atoms with van der Waals surface area (Å²) >= 11 is 11.8. The van der Waals surface area contributed by atoms with Crippen molar-refractivity contribution in [2.75, 3.05) is 18.5 Å². The number of rotatable bonds is 5. The molecule has 8 nitrogen and oxygen atoms in total. The molecule has 1 saturated carbocycles. The summed E-state index contributed by atoms with van der Waals surface area (Å²) < 4.78 is 4.89. The first-order chi connectivity index (χ1) is 13.3. The van der Waals surface area contributed by atoms with Gasteiger partial charge in [-0.25, -0.2) is 4.98 Å². The third-order valence-corrected chi connectivity index (χ3v) is 5.62. The van der Waals surface area contributed by atoms with Gasteiger partial charge in [0.2, 0.25) is 11.8 Å². The molecule has 3 rings (SSSR count). The summed E-state index contributed by atoms with van der Waals surface area (Å²) in [6.07, 6.45) is 3.13. The summed E-state index contributed by atoms with van der Waals surface area (Å²) in [6.45, 7) is 0.564. The summed E-state index contributed by atoms with van der Waals surface area (Å²) in [5.74, 6) is -2.72. The number of ether oxygens (including phenoxy) is 1. The van der Waals surface area contributed by atoms with Crippen LogP contribution in [0.3, 0.4) is 0 Å². The zero-order valence-corrected chi connectivity index (χ0v) is 16.7. The van der Waals surface area contributed by atoms with Gasteiger partial charge in [-0.3, -0.25) is 24.1 Å². The largest absolute Gasteiger partial charge is 0.454 e. The quantitative estimate of drug-likeness (QED) is 0.570. The minimum Gasteiger partial charge on any atom is -0.454 e. The van der Waals surface area contributed by atoms with Crippen LogP contribution in [0.2, 0.25) is 10.0 Å². The number of hydrogen-bond donors (Lipinski definition) is 1. The number of hydrogen-bond acceptors (Lipinski definition) is 6. The second-order valence-corrected chi connectivity index (χ2v) is 7.67. The number of anilines is 1. The lowest BCUT2D eigenvalue weighted by atomic mass is 9.81.